The standard InChI is InChI=1S/C15H16F6N2O3S/c16-14(17,18)11-3-4-12(15(19,20)21)10(5-11)8-27(25,26)23(7-13(22)24)6-9-1-2-9/h3-5,9H,1-2,6-8H2,(H2,22,24). The second-order valence-corrected chi connectivity index (χ2v) is 8.29. The second-order valence-electron chi connectivity index (χ2n) is 6.33. The van der Waals surface area contributed by atoms with Gasteiger partial charge in [0.25, 0.3) is 0 Å². The van der Waals surface area contributed by atoms with Gasteiger partial charge >= 0.3 is 12.4 Å². The van der Waals surface area contributed by atoms with Gasteiger partial charge in [0, 0.05) is 6.54 Å². The van der Waals surface area contributed by atoms with Crippen LogP contribution in [-0.4, -0.2) is 31.7 Å². The van der Waals surface area contributed by atoms with Crippen molar-refractivity contribution >= 4 is 15.9 Å². The highest BCUT2D eigenvalue weighted by Crippen LogP contribution is 2.38. The third kappa shape index (κ3) is 5.83. The number of amides is 1. The van der Waals surface area contributed by atoms with Gasteiger partial charge in [0.05, 0.1) is 23.4 Å². The average Bonchev–Trinajstić information content (AvgIpc) is 3.27. The maximum atomic E-state index is 13.1. The van der Waals surface area contributed by atoms with Crippen molar-refractivity contribution in [2.24, 2.45) is 11.7 Å². The lowest BCUT2D eigenvalue weighted by Gasteiger charge is -2.22. The molecule has 0 bridgehead atoms. The first-order valence-corrected chi connectivity index (χ1v) is 9.34. The minimum absolute atomic E-state index is 0.0530. The molecular weight excluding hydrogens is 402 g/mol. The van der Waals surface area contributed by atoms with Crippen molar-refractivity contribution in [3.8, 4) is 0 Å². The minimum Gasteiger partial charge on any atom is -0.369 e. The summed E-state index contributed by atoms with van der Waals surface area (Å²) in [7, 11) is -4.51. The summed E-state index contributed by atoms with van der Waals surface area (Å²) < 4.78 is 104. The van der Waals surface area contributed by atoms with Gasteiger partial charge in [-0.2, -0.15) is 30.6 Å². The molecule has 1 aromatic carbocycles. The largest absolute Gasteiger partial charge is 0.416 e. The van der Waals surface area contributed by atoms with Crippen molar-refractivity contribution in [2.45, 2.75) is 30.9 Å². The fourth-order valence-electron chi connectivity index (χ4n) is 2.49. The van der Waals surface area contributed by atoms with Crippen LogP contribution in [0.25, 0.3) is 0 Å². The molecule has 0 aliphatic heterocycles. The van der Waals surface area contributed by atoms with E-state index in [4.69, 9.17) is 5.73 Å². The van der Waals surface area contributed by atoms with E-state index in [1.54, 1.807) is 0 Å². The van der Waals surface area contributed by atoms with Crippen LogP contribution in [-0.2, 0) is 32.9 Å². The number of nitrogens with zero attached hydrogens (tertiary/aromatic N) is 1. The van der Waals surface area contributed by atoms with E-state index in [1.165, 1.54) is 0 Å². The molecule has 0 unspecified atom stereocenters. The Morgan fingerprint density at radius 2 is 1.70 bits per heavy atom. The van der Waals surface area contributed by atoms with Crippen LogP contribution in [0, 0.1) is 5.92 Å². The molecule has 1 aliphatic rings. The molecule has 0 atom stereocenters. The van der Waals surface area contributed by atoms with Gasteiger partial charge in [0.15, 0.2) is 0 Å². The van der Waals surface area contributed by atoms with E-state index >= 15 is 0 Å². The van der Waals surface area contributed by atoms with E-state index in [1.807, 2.05) is 0 Å². The Morgan fingerprint density at radius 1 is 1.11 bits per heavy atom. The summed E-state index contributed by atoms with van der Waals surface area (Å²) in [5.41, 5.74) is 1.07. The molecule has 0 saturated heterocycles. The zero-order chi connectivity index (χ0) is 20.6. The Balaban J connectivity index is 2.43. The zero-order valence-electron chi connectivity index (χ0n) is 13.8. The van der Waals surface area contributed by atoms with Crippen LogP contribution in [0.2, 0.25) is 0 Å². The van der Waals surface area contributed by atoms with Gasteiger partial charge < -0.3 is 5.73 Å². The Labute approximate surface area is 151 Å². The SMILES string of the molecule is NC(=O)CN(CC1CC1)S(=O)(=O)Cc1cc(C(F)(F)F)ccc1C(F)(F)F. The Kier molecular flexibility index (Phi) is 5.81. The van der Waals surface area contributed by atoms with Crippen LogP contribution in [0.5, 0.6) is 0 Å². The number of rotatable bonds is 7. The molecule has 1 aromatic rings. The Morgan fingerprint density at radius 3 is 2.15 bits per heavy atom. The van der Waals surface area contributed by atoms with Crippen molar-refractivity contribution in [1.82, 2.24) is 4.31 Å². The summed E-state index contributed by atoms with van der Waals surface area (Å²) in [4.78, 5) is 11.1. The summed E-state index contributed by atoms with van der Waals surface area (Å²) in [5.74, 6) is -2.40. The van der Waals surface area contributed by atoms with E-state index in [0.717, 1.165) is 0 Å². The predicted octanol–water partition coefficient (Wildman–Crippen LogP) is 2.75. The van der Waals surface area contributed by atoms with Crippen molar-refractivity contribution in [2.75, 3.05) is 13.1 Å². The molecule has 1 saturated carbocycles. The molecule has 27 heavy (non-hydrogen) atoms. The highest BCUT2D eigenvalue weighted by atomic mass is 32.2. The number of halogens is 6. The van der Waals surface area contributed by atoms with Crippen LogP contribution < -0.4 is 5.73 Å². The topological polar surface area (TPSA) is 80.5 Å². The summed E-state index contributed by atoms with van der Waals surface area (Å²) in [6.07, 6.45) is -8.62. The van der Waals surface area contributed by atoms with Crippen molar-refractivity contribution in [1.29, 1.82) is 0 Å². The van der Waals surface area contributed by atoms with Crippen molar-refractivity contribution in [3.63, 3.8) is 0 Å². The summed E-state index contributed by atoms with van der Waals surface area (Å²) in [6.45, 7) is -0.870. The lowest BCUT2D eigenvalue weighted by atomic mass is 10.0. The molecule has 0 radical (unpaired) electrons. The fraction of sp³-hybridized carbons (Fsp3) is 0.533. The van der Waals surface area contributed by atoms with E-state index in [0.29, 0.717) is 17.1 Å². The van der Waals surface area contributed by atoms with Gasteiger partial charge in [0.2, 0.25) is 15.9 Å². The number of hydrogen-bond acceptors (Lipinski definition) is 3. The number of alkyl halides is 6. The number of nitrogens with two attached hydrogens (primary N) is 1. The summed E-state index contributed by atoms with van der Waals surface area (Å²) in [5, 5.41) is 0. The lowest BCUT2D eigenvalue weighted by Crippen LogP contribution is -2.40. The minimum atomic E-state index is -5.04. The smallest absolute Gasteiger partial charge is 0.369 e. The maximum Gasteiger partial charge on any atom is 0.416 e. The van der Waals surface area contributed by atoms with Crippen LogP contribution >= 0.6 is 0 Å². The molecular formula is C15H16F6N2O3S. The van der Waals surface area contributed by atoms with Crippen LogP contribution in [0.3, 0.4) is 0 Å². The van der Waals surface area contributed by atoms with Gasteiger partial charge in [0.1, 0.15) is 0 Å². The van der Waals surface area contributed by atoms with E-state index in [9.17, 15) is 39.6 Å². The first kappa shape index (κ1) is 21.5. The molecule has 12 heteroatoms. The van der Waals surface area contributed by atoms with Gasteiger partial charge in [-0.05, 0) is 42.5 Å². The molecule has 0 aromatic heterocycles. The zero-order valence-corrected chi connectivity index (χ0v) is 14.6. The Bertz CT molecular complexity index is 816. The normalized spacial score (nSPS) is 16.0. The Hall–Kier alpha value is -1.82. The fourth-order valence-corrected chi connectivity index (χ4v) is 4.07. The van der Waals surface area contributed by atoms with Gasteiger partial charge in [-0.15, -0.1) is 0 Å². The number of hydrogen-bond donors (Lipinski definition) is 1. The number of sulfonamides is 1. The molecule has 0 heterocycles. The number of benzene rings is 1. The number of carbonyl (C=O) groups is 1. The molecule has 1 amide bonds. The monoisotopic (exact) mass is 418 g/mol. The first-order chi connectivity index (χ1) is 12.2. The third-order valence-corrected chi connectivity index (χ3v) is 5.70. The third-order valence-electron chi connectivity index (χ3n) is 3.96. The summed E-state index contributed by atoms with van der Waals surface area (Å²) >= 11 is 0. The van der Waals surface area contributed by atoms with E-state index in [-0.39, 0.29) is 30.7 Å². The highest BCUT2D eigenvalue weighted by molar-refractivity contribution is 7.88. The highest BCUT2D eigenvalue weighted by Gasteiger charge is 2.39. The van der Waals surface area contributed by atoms with Gasteiger partial charge in [-0.25, -0.2) is 8.42 Å². The molecule has 2 rings (SSSR count). The number of carbonyl (C=O) groups excluding carboxylic acids is 1. The first-order valence-electron chi connectivity index (χ1n) is 7.73. The molecule has 152 valence electrons. The van der Waals surface area contributed by atoms with E-state index < -0.39 is 57.3 Å². The van der Waals surface area contributed by atoms with Gasteiger partial charge in [-0.3, -0.25) is 4.79 Å². The van der Waals surface area contributed by atoms with Crippen LogP contribution in [0.4, 0.5) is 26.3 Å². The lowest BCUT2D eigenvalue weighted by molar-refractivity contribution is -0.141. The quantitative estimate of drug-likeness (QED) is 0.692. The maximum absolute atomic E-state index is 13.1. The van der Waals surface area contributed by atoms with Crippen molar-refractivity contribution < 1.29 is 39.6 Å². The van der Waals surface area contributed by atoms with Crippen LogP contribution in [0.1, 0.15) is 29.5 Å². The molecule has 5 nitrogen and oxygen atoms in total. The van der Waals surface area contributed by atoms with Gasteiger partial charge in [-0.1, -0.05) is 0 Å². The molecule has 0 spiro atoms. The predicted molar refractivity (Wildman–Crippen MR) is 82.6 cm³/mol. The molecule has 1 fully saturated rings. The molecule has 2 N–H and O–H groups in total. The van der Waals surface area contributed by atoms with Crippen LogP contribution in [0.15, 0.2) is 18.2 Å². The summed E-state index contributed by atoms with van der Waals surface area (Å²) in [6, 6.07) is 0.608. The van der Waals surface area contributed by atoms with E-state index in [2.05, 4.69) is 0 Å². The average molecular weight is 418 g/mol. The number of primary amides is 1. The molecule has 1 aliphatic carbocycles. The second kappa shape index (κ2) is 7.30. The van der Waals surface area contributed by atoms with Crippen molar-refractivity contribution in [3.05, 3.63) is 34.9 Å².